The van der Waals surface area contributed by atoms with Crippen molar-refractivity contribution in [3.05, 3.63) is 35.4 Å². The Labute approximate surface area is 104 Å². The van der Waals surface area contributed by atoms with Gasteiger partial charge in [0.1, 0.15) is 0 Å². The second-order valence-corrected chi connectivity index (χ2v) is 5.40. The molecule has 3 heteroatoms. The minimum Gasteiger partial charge on any atom is -0.340 e. The van der Waals surface area contributed by atoms with Gasteiger partial charge in [0, 0.05) is 13.6 Å². The van der Waals surface area contributed by atoms with E-state index >= 15 is 0 Å². The van der Waals surface area contributed by atoms with Crippen LogP contribution in [0.5, 0.6) is 0 Å². The van der Waals surface area contributed by atoms with Gasteiger partial charge in [-0.3, -0.25) is 4.79 Å². The highest BCUT2D eigenvalue weighted by molar-refractivity contribution is 5.77. The molecule has 0 heterocycles. The van der Waals surface area contributed by atoms with E-state index in [0.717, 1.165) is 5.56 Å². The van der Waals surface area contributed by atoms with Crippen LogP contribution in [0.1, 0.15) is 31.9 Å². The number of carbonyl (C=O) groups excluding carboxylic acids is 1. The second-order valence-electron chi connectivity index (χ2n) is 5.40. The number of nitrogens with zero attached hydrogens (tertiary/aromatic N) is 1. The molecule has 0 aliphatic heterocycles. The summed E-state index contributed by atoms with van der Waals surface area (Å²) in [7, 11) is 1.77. The largest absolute Gasteiger partial charge is 0.340 e. The first kappa shape index (κ1) is 13.7. The van der Waals surface area contributed by atoms with Gasteiger partial charge >= 0.3 is 0 Å². The van der Waals surface area contributed by atoms with E-state index in [-0.39, 0.29) is 17.9 Å². The van der Waals surface area contributed by atoms with Crippen LogP contribution in [0, 0.1) is 0 Å². The Morgan fingerprint density at radius 1 is 1.24 bits per heavy atom. The minimum absolute atomic E-state index is 0.0371. The summed E-state index contributed by atoms with van der Waals surface area (Å²) in [6.07, 6.45) is 0. The molecule has 0 aromatic heterocycles. The van der Waals surface area contributed by atoms with Gasteiger partial charge in [-0.1, -0.05) is 45.0 Å². The highest BCUT2D eigenvalue weighted by Crippen LogP contribution is 2.22. The lowest BCUT2D eigenvalue weighted by Gasteiger charge is -2.20. The fourth-order valence-electron chi connectivity index (χ4n) is 1.63. The Kier molecular flexibility index (Phi) is 4.29. The van der Waals surface area contributed by atoms with Gasteiger partial charge in [0.25, 0.3) is 0 Å². The molecular formula is C14H22N2O. The molecule has 0 spiro atoms. The molecule has 0 saturated heterocycles. The standard InChI is InChI=1S/C14H22N2O/c1-14(2,3)12-7-5-11(6-8-12)10-16(4)13(17)9-15/h5-8H,9-10,15H2,1-4H3. The van der Waals surface area contributed by atoms with Crippen LogP contribution in [-0.4, -0.2) is 24.4 Å². The molecule has 0 saturated carbocycles. The van der Waals surface area contributed by atoms with Gasteiger partial charge in [-0.25, -0.2) is 0 Å². The zero-order valence-electron chi connectivity index (χ0n) is 11.2. The number of nitrogens with two attached hydrogens (primary N) is 1. The van der Waals surface area contributed by atoms with Crippen molar-refractivity contribution in [2.75, 3.05) is 13.6 Å². The number of hydrogen-bond acceptors (Lipinski definition) is 2. The maximum Gasteiger partial charge on any atom is 0.236 e. The lowest BCUT2D eigenvalue weighted by Crippen LogP contribution is -2.32. The van der Waals surface area contributed by atoms with Crippen LogP contribution in [0.3, 0.4) is 0 Å². The average Bonchev–Trinajstić information content (AvgIpc) is 2.27. The molecule has 0 bridgehead atoms. The summed E-state index contributed by atoms with van der Waals surface area (Å²) in [6.45, 7) is 7.24. The van der Waals surface area contributed by atoms with Crippen molar-refractivity contribution in [2.45, 2.75) is 32.7 Å². The summed E-state index contributed by atoms with van der Waals surface area (Å²) in [4.78, 5) is 13.0. The molecule has 1 aromatic carbocycles. The third-order valence-electron chi connectivity index (χ3n) is 2.84. The summed E-state index contributed by atoms with van der Waals surface area (Å²) in [5.74, 6) is -0.0371. The van der Waals surface area contributed by atoms with E-state index in [1.54, 1.807) is 11.9 Å². The van der Waals surface area contributed by atoms with Crippen molar-refractivity contribution in [2.24, 2.45) is 5.73 Å². The molecule has 1 amide bonds. The number of rotatable bonds is 3. The maximum absolute atomic E-state index is 11.3. The molecule has 1 rings (SSSR count). The monoisotopic (exact) mass is 234 g/mol. The average molecular weight is 234 g/mol. The van der Waals surface area contributed by atoms with Gasteiger partial charge in [0.2, 0.25) is 5.91 Å². The van der Waals surface area contributed by atoms with E-state index in [0.29, 0.717) is 6.54 Å². The molecule has 0 fully saturated rings. The molecule has 0 unspecified atom stereocenters. The van der Waals surface area contributed by atoms with Crippen LogP contribution < -0.4 is 5.73 Å². The van der Waals surface area contributed by atoms with Gasteiger partial charge in [0.05, 0.1) is 6.54 Å². The zero-order valence-corrected chi connectivity index (χ0v) is 11.2. The van der Waals surface area contributed by atoms with Crippen LogP contribution in [0.2, 0.25) is 0 Å². The number of benzene rings is 1. The summed E-state index contributed by atoms with van der Waals surface area (Å²) < 4.78 is 0. The third-order valence-corrected chi connectivity index (χ3v) is 2.84. The molecule has 3 nitrogen and oxygen atoms in total. The predicted molar refractivity (Wildman–Crippen MR) is 70.7 cm³/mol. The first-order valence-electron chi connectivity index (χ1n) is 5.88. The Morgan fingerprint density at radius 3 is 2.18 bits per heavy atom. The fourth-order valence-corrected chi connectivity index (χ4v) is 1.63. The van der Waals surface area contributed by atoms with Crippen LogP contribution in [-0.2, 0) is 16.8 Å². The van der Waals surface area contributed by atoms with Gasteiger partial charge in [-0.05, 0) is 16.5 Å². The lowest BCUT2D eigenvalue weighted by atomic mass is 9.87. The molecule has 0 aliphatic rings. The van der Waals surface area contributed by atoms with Crippen molar-refractivity contribution in [3.8, 4) is 0 Å². The first-order valence-corrected chi connectivity index (χ1v) is 5.88. The zero-order chi connectivity index (χ0) is 13.1. The maximum atomic E-state index is 11.3. The van der Waals surface area contributed by atoms with Crippen LogP contribution in [0.4, 0.5) is 0 Å². The highest BCUT2D eigenvalue weighted by Gasteiger charge is 2.13. The number of likely N-dealkylation sites (N-methyl/N-ethyl adjacent to an activating group) is 1. The van der Waals surface area contributed by atoms with E-state index in [1.165, 1.54) is 5.56 Å². The van der Waals surface area contributed by atoms with Crippen LogP contribution >= 0.6 is 0 Å². The molecule has 0 aliphatic carbocycles. The summed E-state index contributed by atoms with van der Waals surface area (Å²) in [5, 5.41) is 0. The normalized spacial score (nSPS) is 11.4. The summed E-state index contributed by atoms with van der Waals surface area (Å²) in [6, 6.07) is 8.38. The summed E-state index contributed by atoms with van der Waals surface area (Å²) >= 11 is 0. The Morgan fingerprint density at radius 2 is 1.76 bits per heavy atom. The molecule has 0 radical (unpaired) electrons. The van der Waals surface area contributed by atoms with E-state index in [1.807, 2.05) is 0 Å². The predicted octanol–water partition coefficient (Wildman–Crippen LogP) is 1.90. The SMILES string of the molecule is CN(Cc1ccc(C(C)(C)C)cc1)C(=O)CN. The van der Waals surface area contributed by atoms with Crippen molar-refractivity contribution in [3.63, 3.8) is 0 Å². The number of carbonyl (C=O) groups is 1. The quantitative estimate of drug-likeness (QED) is 0.868. The Balaban J connectivity index is 2.72. The molecule has 17 heavy (non-hydrogen) atoms. The van der Waals surface area contributed by atoms with E-state index in [9.17, 15) is 4.79 Å². The number of hydrogen-bond donors (Lipinski definition) is 1. The van der Waals surface area contributed by atoms with Crippen molar-refractivity contribution >= 4 is 5.91 Å². The molecular weight excluding hydrogens is 212 g/mol. The van der Waals surface area contributed by atoms with Crippen LogP contribution in [0.15, 0.2) is 24.3 Å². The first-order chi connectivity index (χ1) is 7.84. The van der Waals surface area contributed by atoms with Gasteiger partial charge in [-0.2, -0.15) is 0 Å². The van der Waals surface area contributed by atoms with E-state index in [4.69, 9.17) is 5.73 Å². The van der Waals surface area contributed by atoms with E-state index in [2.05, 4.69) is 45.0 Å². The molecule has 2 N–H and O–H groups in total. The van der Waals surface area contributed by atoms with Crippen LogP contribution in [0.25, 0.3) is 0 Å². The molecule has 0 atom stereocenters. The topological polar surface area (TPSA) is 46.3 Å². The third kappa shape index (κ3) is 3.86. The smallest absolute Gasteiger partial charge is 0.236 e. The van der Waals surface area contributed by atoms with Crippen molar-refractivity contribution in [1.29, 1.82) is 0 Å². The fraction of sp³-hybridized carbons (Fsp3) is 0.500. The summed E-state index contributed by atoms with van der Waals surface area (Å²) in [5.41, 5.74) is 7.91. The Hall–Kier alpha value is -1.35. The number of amides is 1. The lowest BCUT2D eigenvalue weighted by molar-refractivity contribution is -0.128. The van der Waals surface area contributed by atoms with E-state index < -0.39 is 0 Å². The van der Waals surface area contributed by atoms with Gasteiger partial charge < -0.3 is 10.6 Å². The van der Waals surface area contributed by atoms with Crippen molar-refractivity contribution < 1.29 is 4.79 Å². The van der Waals surface area contributed by atoms with Gasteiger partial charge in [0.15, 0.2) is 0 Å². The molecule has 94 valence electrons. The minimum atomic E-state index is -0.0371. The highest BCUT2D eigenvalue weighted by atomic mass is 16.2. The molecule has 1 aromatic rings. The second kappa shape index (κ2) is 5.32. The van der Waals surface area contributed by atoms with Gasteiger partial charge in [-0.15, -0.1) is 0 Å². The Bertz CT molecular complexity index is 376. The van der Waals surface area contributed by atoms with Crippen molar-refractivity contribution in [1.82, 2.24) is 4.90 Å².